The summed E-state index contributed by atoms with van der Waals surface area (Å²) in [5.74, 6) is -0.0216. The Morgan fingerprint density at radius 3 is 1.00 bits per heavy atom. The van der Waals surface area contributed by atoms with Crippen molar-refractivity contribution in [3.63, 3.8) is 0 Å². The van der Waals surface area contributed by atoms with Crippen molar-refractivity contribution in [3.05, 3.63) is 36.5 Å². The third-order valence-electron chi connectivity index (χ3n) is 16.9. The largest absolute Gasteiger partial charge is 0.466 e. The molecule has 2 atom stereocenters. The summed E-state index contributed by atoms with van der Waals surface area (Å²) in [5, 5.41) is 23.3. The van der Waals surface area contributed by atoms with Gasteiger partial charge in [0.15, 0.2) is 0 Å². The van der Waals surface area contributed by atoms with Gasteiger partial charge in [0, 0.05) is 12.8 Å². The van der Waals surface area contributed by atoms with Gasteiger partial charge >= 0.3 is 5.97 Å². The molecule has 0 aliphatic carbocycles. The van der Waals surface area contributed by atoms with Crippen molar-refractivity contribution >= 4 is 11.9 Å². The molecule has 0 bridgehead atoms. The average molecular weight is 1120 g/mol. The highest BCUT2D eigenvalue weighted by Crippen LogP contribution is 2.19. The van der Waals surface area contributed by atoms with Crippen LogP contribution in [0.1, 0.15) is 399 Å². The van der Waals surface area contributed by atoms with Gasteiger partial charge in [-0.2, -0.15) is 0 Å². The first-order chi connectivity index (χ1) is 39.5. The summed E-state index contributed by atoms with van der Waals surface area (Å²) in [6.45, 7) is 4.94. The summed E-state index contributed by atoms with van der Waals surface area (Å²) in [6.07, 6.45) is 89.3. The Bertz CT molecular complexity index is 1300. The third-order valence-corrected chi connectivity index (χ3v) is 16.9. The van der Waals surface area contributed by atoms with Crippen LogP contribution in [0.5, 0.6) is 0 Å². The molecular weight excluding hydrogens is 983 g/mol. The van der Waals surface area contributed by atoms with E-state index in [4.69, 9.17) is 4.74 Å². The number of hydrogen-bond donors (Lipinski definition) is 3. The zero-order chi connectivity index (χ0) is 57.8. The van der Waals surface area contributed by atoms with Gasteiger partial charge in [-0.3, -0.25) is 9.59 Å². The lowest BCUT2D eigenvalue weighted by Crippen LogP contribution is -2.45. The molecule has 6 heteroatoms. The minimum absolute atomic E-state index is 0.00784. The lowest BCUT2D eigenvalue weighted by Gasteiger charge is -2.22. The van der Waals surface area contributed by atoms with E-state index >= 15 is 0 Å². The number of allylic oxidation sites excluding steroid dienone is 6. The van der Waals surface area contributed by atoms with Gasteiger partial charge in [0.05, 0.1) is 25.4 Å². The Morgan fingerprint density at radius 2 is 0.637 bits per heavy atom. The predicted octanol–water partition coefficient (Wildman–Crippen LogP) is 23.5. The number of amides is 1. The standard InChI is InChI=1S/C74H141NO5/c1-3-5-7-9-11-13-15-16-40-43-47-50-54-58-62-66-72(77)71(70-76)75-73(78)67-63-59-55-51-48-44-41-38-36-34-32-30-28-26-24-22-20-18-17-19-21-23-25-27-29-31-33-35-37-39-42-45-49-53-57-61-65-69-80-74(79)68-64-60-56-52-46-14-12-10-8-6-4-2/h10,12,17,19,23,25,71-72,76-77H,3-9,11,13-16,18,20-22,24,26-70H2,1-2H3,(H,75,78)/b12-10-,19-17-,25-23-. The maximum absolute atomic E-state index is 12.5. The van der Waals surface area contributed by atoms with Crippen LogP contribution in [0.3, 0.4) is 0 Å². The van der Waals surface area contributed by atoms with Gasteiger partial charge < -0.3 is 20.3 Å². The van der Waals surface area contributed by atoms with E-state index in [1.54, 1.807) is 0 Å². The SMILES string of the molecule is CCCC/C=C\CCCCCCCC(=O)OCCCCCCCCCCCCCCC/C=C\C/C=C\CCCCCCCCCCCCCCCCCCCC(=O)NC(CO)C(O)CCCCCCCCCCCCCCCCC. The number of aliphatic hydroxyl groups is 2. The number of nitrogens with one attached hydrogen (secondary N) is 1. The number of carbonyl (C=O) groups excluding carboxylic acids is 2. The molecule has 0 fully saturated rings. The third kappa shape index (κ3) is 65.2. The smallest absolute Gasteiger partial charge is 0.305 e. The number of rotatable bonds is 68. The molecule has 0 aromatic carbocycles. The lowest BCUT2D eigenvalue weighted by atomic mass is 10.0. The lowest BCUT2D eigenvalue weighted by molar-refractivity contribution is -0.143. The molecule has 0 rings (SSSR count). The van der Waals surface area contributed by atoms with Crippen LogP contribution in [-0.4, -0.2) is 47.4 Å². The minimum Gasteiger partial charge on any atom is -0.466 e. The van der Waals surface area contributed by atoms with Crippen molar-refractivity contribution in [2.24, 2.45) is 0 Å². The van der Waals surface area contributed by atoms with Crippen LogP contribution in [0, 0.1) is 0 Å². The molecule has 0 aromatic heterocycles. The molecule has 6 nitrogen and oxygen atoms in total. The highest BCUT2D eigenvalue weighted by molar-refractivity contribution is 5.76. The van der Waals surface area contributed by atoms with Gasteiger partial charge in [-0.1, -0.05) is 346 Å². The Labute approximate surface area is 500 Å². The van der Waals surface area contributed by atoms with Crippen molar-refractivity contribution < 1.29 is 24.5 Å². The summed E-state index contributed by atoms with van der Waals surface area (Å²) in [7, 11) is 0. The second-order valence-corrected chi connectivity index (χ2v) is 24.9. The van der Waals surface area contributed by atoms with E-state index in [0.717, 1.165) is 51.4 Å². The number of hydrogen-bond acceptors (Lipinski definition) is 5. The molecule has 80 heavy (non-hydrogen) atoms. The van der Waals surface area contributed by atoms with Crippen LogP contribution >= 0.6 is 0 Å². The van der Waals surface area contributed by atoms with Crippen LogP contribution in [0.2, 0.25) is 0 Å². The fraction of sp³-hybridized carbons (Fsp3) is 0.892. The quantitative estimate of drug-likeness (QED) is 0.0320. The van der Waals surface area contributed by atoms with Gasteiger partial charge in [-0.15, -0.1) is 0 Å². The van der Waals surface area contributed by atoms with E-state index in [0.29, 0.717) is 25.9 Å². The van der Waals surface area contributed by atoms with E-state index in [1.165, 1.54) is 315 Å². The first kappa shape index (κ1) is 78.1. The molecule has 0 spiro atoms. The van der Waals surface area contributed by atoms with Crippen LogP contribution < -0.4 is 5.32 Å². The molecule has 0 saturated carbocycles. The topological polar surface area (TPSA) is 95.9 Å². The molecule has 0 aliphatic heterocycles. The van der Waals surface area contributed by atoms with Crippen molar-refractivity contribution in [3.8, 4) is 0 Å². The Hall–Kier alpha value is -1.92. The zero-order valence-electron chi connectivity index (χ0n) is 54.1. The van der Waals surface area contributed by atoms with Crippen molar-refractivity contribution in [2.45, 2.75) is 411 Å². The highest BCUT2D eigenvalue weighted by atomic mass is 16.5. The maximum atomic E-state index is 12.5. The normalized spacial score (nSPS) is 12.7. The summed E-state index contributed by atoms with van der Waals surface area (Å²) >= 11 is 0. The van der Waals surface area contributed by atoms with Gasteiger partial charge in [0.1, 0.15) is 0 Å². The van der Waals surface area contributed by atoms with E-state index < -0.39 is 12.1 Å². The number of ether oxygens (including phenoxy) is 1. The Kier molecular flexibility index (Phi) is 67.9. The van der Waals surface area contributed by atoms with Crippen molar-refractivity contribution in [1.29, 1.82) is 0 Å². The summed E-state index contributed by atoms with van der Waals surface area (Å²) in [5.41, 5.74) is 0. The summed E-state index contributed by atoms with van der Waals surface area (Å²) in [4.78, 5) is 24.5. The fourth-order valence-corrected chi connectivity index (χ4v) is 11.4. The Morgan fingerprint density at radius 1 is 0.350 bits per heavy atom. The minimum atomic E-state index is -0.662. The van der Waals surface area contributed by atoms with Gasteiger partial charge in [0.25, 0.3) is 0 Å². The molecule has 3 N–H and O–H groups in total. The van der Waals surface area contributed by atoms with Crippen LogP contribution in [0.15, 0.2) is 36.5 Å². The van der Waals surface area contributed by atoms with Crippen LogP contribution in [-0.2, 0) is 14.3 Å². The highest BCUT2D eigenvalue weighted by Gasteiger charge is 2.20. The van der Waals surface area contributed by atoms with Crippen LogP contribution in [0.4, 0.5) is 0 Å². The first-order valence-corrected chi connectivity index (χ1v) is 36.2. The molecule has 0 aliphatic rings. The van der Waals surface area contributed by atoms with Crippen molar-refractivity contribution in [2.75, 3.05) is 13.2 Å². The number of aliphatic hydroxyl groups excluding tert-OH is 2. The summed E-state index contributed by atoms with van der Waals surface area (Å²) in [6, 6.07) is -0.539. The van der Waals surface area contributed by atoms with Gasteiger partial charge in [0.2, 0.25) is 5.91 Å². The average Bonchev–Trinajstić information content (AvgIpc) is 3.46. The molecule has 0 radical (unpaired) electrons. The van der Waals surface area contributed by atoms with Gasteiger partial charge in [-0.05, 0) is 77.0 Å². The molecule has 1 amide bonds. The molecule has 2 unspecified atom stereocenters. The molecule has 472 valence electrons. The van der Waals surface area contributed by atoms with Crippen molar-refractivity contribution in [1.82, 2.24) is 5.32 Å². The zero-order valence-corrected chi connectivity index (χ0v) is 54.1. The van der Waals surface area contributed by atoms with Gasteiger partial charge in [-0.25, -0.2) is 0 Å². The first-order valence-electron chi connectivity index (χ1n) is 36.2. The van der Waals surface area contributed by atoms with E-state index in [9.17, 15) is 19.8 Å². The van der Waals surface area contributed by atoms with E-state index in [2.05, 4.69) is 55.6 Å². The molecular formula is C74H141NO5. The molecule has 0 saturated heterocycles. The monoisotopic (exact) mass is 1120 g/mol. The number of carbonyl (C=O) groups is 2. The van der Waals surface area contributed by atoms with E-state index in [-0.39, 0.29) is 18.5 Å². The number of esters is 1. The summed E-state index contributed by atoms with van der Waals surface area (Å²) < 4.78 is 5.47. The number of unbranched alkanes of at least 4 members (excludes halogenated alkanes) is 51. The second-order valence-electron chi connectivity index (χ2n) is 24.9. The molecule has 0 heterocycles. The molecule has 0 aromatic rings. The second kappa shape index (κ2) is 69.6. The fourth-order valence-electron chi connectivity index (χ4n) is 11.4. The Balaban J connectivity index is 3.36. The maximum Gasteiger partial charge on any atom is 0.305 e. The van der Waals surface area contributed by atoms with E-state index in [1.807, 2.05) is 0 Å². The van der Waals surface area contributed by atoms with Crippen LogP contribution in [0.25, 0.3) is 0 Å². The predicted molar refractivity (Wildman–Crippen MR) is 352 cm³/mol.